The third-order valence-electron chi connectivity index (χ3n) is 3.34. The largest absolute Gasteiger partial charge is 0.480 e. The van der Waals surface area contributed by atoms with E-state index in [4.69, 9.17) is 10.4 Å². The van der Waals surface area contributed by atoms with Gasteiger partial charge in [-0.2, -0.15) is 5.26 Å². The molecule has 0 saturated heterocycles. The second-order valence-electron chi connectivity index (χ2n) is 5.08. The lowest BCUT2D eigenvalue weighted by atomic mass is 10.1. The molecule has 1 fully saturated rings. The molecule has 1 amide bonds. The quantitative estimate of drug-likeness (QED) is 0.825. The number of rotatable bonds is 6. The first kappa shape index (κ1) is 14.1. The number of benzene rings is 1. The van der Waals surface area contributed by atoms with Crippen molar-refractivity contribution in [2.24, 2.45) is 5.92 Å². The summed E-state index contributed by atoms with van der Waals surface area (Å²) in [5.74, 6) is -0.988. The monoisotopic (exact) mass is 272 g/mol. The number of carboxylic acids is 1. The summed E-state index contributed by atoms with van der Waals surface area (Å²) >= 11 is 0. The zero-order chi connectivity index (χ0) is 14.5. The molecule has 2 N–H and O–H groups in total. The fraction of sp³-hybridized carbons (Fsp3) is 0.400. The van der Waals surface area contributed by atoms with Crippen molar-refractivity contribution in [3.8, 4) is 6.07 Å². The van der Waals surface area contributed by atoms with Gasteiger partial charge in [-0.1, -0.05) is 25.0 Å². The lowest BCUT2D eigenvalue weighted by Crippen LogP contribution is -2.41. The van der Waals surface area contributed by atoms with E-state index in [-0.39, 0.29) is 6.42 Å². The fourth-order valence-electron chi connectivity index (χ4n) is 2.06. The van der Waals surface area contributed by atoms with E-state index in [2.05, 4.69) is 5.32 Å². The molecule has 1 aromatic rings. The lowest BCUT2D eigenvalue weighted by Gasteiger charge is -2.14. The maximum Gasteiger partial charge on any atom is 0.326 e. The molecule has 5 nitrogen and oxygen atoms in total. The highest BCUT2D eigenvalue weighted by molar-refractivity contribution is 5.96. The van der Waals surface area contributed by atoms with Crippen LogP contribution in [0.3, 0.4) is 0 Å². The molecule has 1 atom stereocenters. The molecule has 2 rings (SSSR count). The van der Waals surface area contributed by atoms with Crippen molar-refractivity contribution >= 4 is 11.9 Å². The van der Waals surface area contributed by atoms with Crippen molar-refractivity contribution in [1.29, 1.82) is 5.26 Å². The molecule has 0 radical (unpaired) electrons. The summed E-state index contributed by atoms with van der Waals surface area (Å²) in [7, 11) is 0. The van der Waals surface area contributed by atoms with Crippen molar-refractivity contribution < 1.29 is 14.7 Å². The van der Waals surface area contributed by atoms with Crippen molar-refractivity contribution in [3.05, 3.63) is 35.4 Å². The van der Waals surface area contributed by atoms with Gasteiger partial charge < -0.3 is 10.4 Å². The highest BCUT2D eigenvalue weighted by Gasteiger charge is 2.30. The molecule has 1 unspecified atom stereocenters. The van der Waals surface area contributed by atoms with Gasteiger partial charge in [0.25, 0.3) is 5.91 Å². The average molecular weight is 272 g/mol. The SMILES string of the molecule is N#CCc1cccc(C(=O)NC(CC2CC2)C(=O)O)c1. The lowest BCUT2D eigenvalue weighted by molar-refractivity contribution is -0.139. The first-order valence-electron chi connectivity index (χ1n) is 6.59. The minimum atomic E-state index is -1.00. The molecule has 1 aliphatic rings. The van der Waals surface area contributed by atoms with E-state index in [1.165, 1.54) is 0 Å². The van der Waals surface area contributed by atoms with Gasteiger partial charge in [0.15, 0.2) is 0 Å². The number of carbonyl (C=O) groups is 2. The Hall–Kier alpha value is -2.35. The molecule has 1 saturated carbocycles. The zero-order valence-corrected chi connectivity index (χ0v) is 11.0. The number of nitriles is 1. The minimum absolute atomic E-state index is 0.228. The van der Waals surface area contributed by atoms with Gasteiger partial charge >= 0.3 is 5.97 Å². The van der Waals surface area contributed by atoms with Crippen LogP contribution in [0.25, 0.3) is 0 Å². The van der Waals surface area contributed by atoms with Crippen LogP contribution in [0.1, 0.15) is 35.2 Å². The average Bonchev–Trinajstić information content (AvgIpc) is 3.22. The fourth-order valence-corrected chi connectivity index (χ4v) is 2.06. The minimum Gasteiger partial charge on any atom is -0.480 e. The Bertz CT molecular complexity index is 558. The molecule has 0 spiro atoms. The van der Waals surface area contributed by atoms with Crippen molar-refractivity contribution in [2.75, 3.05) is 0 Å². The number of hydrogen-bond donors (Lipinski definition) is 2. The summed E-state index contributed by atoms with van der Waals surface area (Å²) in [4.78, 5) is 23.2. The van der Waals surface area contributed by atoms with Crippen LogP contribution in [0.4, 0.5) is 0 Å². The van der Waals surface area contributed by atoms with Crippen molar-refractivity contribution in [1.82, 2.24) is 5.32 Å². The zero-order valence-electron chi connectivity index (χ0n) is 11.0. The molecular weight excluding hydrogens is 256 g/mol. The van der Waals surface area contributed by atoms with Gasteiger partial charge in [-0.3, -0.25) is 4.79 Å². The van der Waals surface area contributed by atoms with E-state index in [1.807, 2.05) is 6.07 Å². The summed E-state index contributed by atoms with van der Waals surface area (Å²) in [6.45, 7) is 0. The van der Waals surface area contributed by atoms with Crippen molar-refractivity contribution in [2.45, 2.75) is 31.7 Å². The van der Waals surface area contributed by atoms with Gasteiger partial charge in [-0.25, -0.2) is 4.79 Å². The van der Waals surface area contributed by atoms with Crippen LogP contribution >= 0.6 is 0 Å². The third-order valence-corrected chi connectivity index (χ3v) is 3.34. The van der Waals surface area contributed by atoms with Crippen LogP contribution in [-0.2, 0) is 11.2 Å². The van der Waals surface area contributed by atoms with Crippen molar-refractivity contribution in [3.63, 3.8) is 0 Å². The Morgan fingerprint density at radius 2 is 2.20 bits per heavy atom. The normalized spacial score (nSPS) is 15.2. The molecule has 0 heterocycles. The molecule has 20 heavy (non-hydrogen) atoms. The second kappa shape index (κ2) is 6.20. The summed E-state index contributed by atoms with van der Waals surface area (Å²) < 4.78 is 0. The van der Waals surface area contributed by atoms with E-state index < -0.39 is 17.9 Å². The van der Waals surface area contributed by atoms with Crippen LogP contribution < -0.4 is 5.32 Å². The Morgan fingerprint density at radius 1 is 1.45 bits per heavy atom. The number of nitrogens with one attached hydrogen (secondary N) is 1. The maximum atomic E-state index is 12.1. The number of carboxylic acid groups (broad SMARTS) is 1. The van der Waals surface area contributed by atoms with E-state index >= 15 is 0 Å². The van der Waals surface area contributed by atoms with Gasteiger partial charge in [-0.05, 0) is 30.0 Å². The van der Waals surface area contributed by atoms with Gasteiger partial charge in [0.05, 0.1) is 12.5 Å². The predicted octanol–water partition coefficient (Wildman–Crippen LogP) is 1.74. The molecule has 1 aliphatic carbocycles. The van der Waals surface area contributed by atoms with E-state index in [9.17, 15) is 9.59 Å². The summed E-state index contributed by atoms with van der Waals surface area (Å²) in [5.41, 5.74) is 1.13. The van der Waals surface area contributed by atoms with Crippen LogP contribution in [-0.4, -0.2) is 23.0 Å². The molecule has 104 valence electrons. The molecule has 0 bridgehead atoms. The Kier molecular flexibility index (Phi) is 4.36. The number of amides is 1. The van der Waals surface area contributed by atoms with Crippen LogP contribution in [0.5, 0.6) is 0 Å². The van der Waals surface area contributed by atoms with Crippen LogP contribution in [0.15, 0.2) is 24.3 Å². The second-order valence-corrected chi connectivity index (χ2v) is 5.08. The van der Waals surface area contributed by atoms with E-state index in [1.54, 1.807) is 24.3 Å². The number of nitrogens with zero attached hydrogens (tertiary/aromatic N) is 1. The Balaban J connectivity index is 2.03. The summed E-state index contributed by atoms with van der Waals surface area (Å²) in [5, 5.41) is 20.3. The molecule has 0 aliphatic heterocycles. The smallest absolute Gasteiger partial charge is 0.326 e. The molecule has 1 aromatic carbocycles. The highest BCUT2D eigenvalue weighted by Crippen LogP contribution is 2.33. The van der Waals surface area contributed by atoms with Gasteiger partial charge in [-0.15, -0.1) is 0 Å². The first-order valence-corrected chi connectivity index (χ1v) is 6.59. The van der Waals surface area contributed by atoms with Gasteiger partial charge in [0.1, 0.15) is 6.04 Å². The number of hydrogen-bond acceptors (Lipinski definition) is 3. The van der Waals surface area contributed by atoms with Gasteiger partial charge in [0, 0.05) is 5.56 Å². The summed E-state index contributed by atoms with van der Waals surface area (Å²) in [6.07, 6.45) is 2.79. The topological polar surface area (TPSA) is 90.2 Å². The molecule has 0 aromatic heterocycles. The Morgan fingerprint density at radius 3 is 2.80 bits per heavy atom. The maximum absolute atomic E-state index is 12.1. The van der Waals surface area contributed by atoms with Crippen LogP contribution in [0.2, 0.25) is 0 Å². The standard InChI is InChI=1S/C15H16N2O3/c16-7-6-10-2-1-3-12(8-10)14(18)17-13(15(19)20)9-11-4-5-11/h1-3,8,11,13H,4-6,9H2,(H,17,18)(H,19,20). The van der Waals surface area contributed by atoms with Gasteiger partial charge in [0.2, 0.25) is 0 Å². The predicted molar refractivity (Wildman–Crippen MR) is 72.0 cm³/mol. The highest BCUT2D eigenvalue weighted by atomic mass is 16.4. The Labute approximate surface area is 117 Å². The third kappa shape index (κ3) is 3.82. The molecular formula is C15H16N2O3. The molecule has 5 heteroatoms. The number of carbonyl (C=O) groups excluding carboxylic acids is 1. The van der Waals surface area contributed by atoms with Crippen LogP contribution in [0, 0.1) is 17.2 Å². The summed E-state index contributed by atoms with van der Waals surface area (Å²) in [6, 6.07) is 7.87. The first-order chi connectivity index (χ1) is 9.60. The van der Waals surface area contributed by atoms with E-state index in [0.717, 1.165) is 18.4 Å². The number of aliphatic carboxylic acids is 1. The van der Waals surface area contributed by atoms with E-state index in [0.29, 0.717) is 17.9 Å².